The van der Waals surface area contributed by atoms with Crippen LogP contribution in [0.3, 0.4) is 0 Å². The second-order valence-corrected chi connectivity index (χ2v) is 10.3. The van der Waals surface area contributed by atoms with Crippen LogP contribution >= 0.6 is 0 Å². The zero-order chi connectivity index (χ0) is 27.4. The van der Waals surface area contributed by atoms with E-state index in [1.54, 1.807) is 11.8 Å². The molecule has 1 saturated heterocycles. The van der Waals surface area contributed by atoms with Crippen molar-refractivity contribution < 1.29 is 23.9 Å². The Hall–Kier alpha value is -3.36. The van der Waals surface area contributed by atoms with Gasteiger partial charge in [-0.25, -0.2) is 9.78 Å². The van der Waals surface area contributed by atoms with Gasteiger partial charge in [0, 0.05) is 37.9 Å². The summed E-state index contributed by atoms with van der Waals surface area (Å²) in [5.74, 6) is 0.621. The third kappa shape index (κ3) is 5.15. The Morgan fingerprint density at radius 2 is 1.87 bits per heavy atom. The number of aromatic nitrogens is 2. The van der Waals surface area contributed by atoms with Gasteiger partial charge in [0.2, 0.25) is 5.91 Å². The van der Waals surface area contributed by atoms with Crippen molar-refractivity contribution in [2.45, 2.75) is 85.2 Å². The SMILES string of the molecule is CCCc1nc(CN2C(=O)C3(CN(C(=O)OCC)C3)c3ccc(C)cc32)n(CCCCOC(C)=O)c1CC. The van der Waals surface area contributed by atoms with Gasteiger partial charge < -0.3 is 23.8 Å². The molecule has 1 aromatic carbocycles. The molecule has 2 aliphatic heterocycles. The maximum Gasteiger partial charge on any atom is 0.409 e. The number of esters is 1. The molecule has 2 aliphatic rings. The highest BCUT2D eigenvalue weighted by Gasteiger charge is 2.59. The van der Waals surface area contributed by atoms with E-state index in [-0.39, 0.29) is 18.0 Å². The van der Waals surface area contributed by atoms with E-state index in [1.165, 1.54) is 12.6 Å². The van der Waals surface area contributed by atoms with Gasteiger partial charge in [0.15, 0.2) is 0 Å². The van der Waals surface area contributed by atoms with Gasteiger partial charge in [-0.15, -0.1) is 0 Å². The van der Waals surface area contributed by atoms with Crippen LogP contribution in [0.5, 0.6) is 0 Å². The minimum Gasteiger partial charge on any atom is -0.466 e. The van der Waals surface area contributed by atoms with Crippen LogP contribution in [0.1, 0.15) is 75.3 Å². The number of imidazole rings is 1. The molecule has 0 unspecified atom stereocenters. The Labute approximate surface area is 225 Å². The molecule has 9 heteroatoms. The number of benzene rings is 1. The molecular weight excluding hydrogens is 484 g/mol. The van der Waals surface area contributed by atoms with Crippen molar-refractivity contribution in [2.75, 3.05) is 31.2 Å². The van der Waals surface area contributed by atoms with Crippen molar-refractivity contribution in [3.05, 3.63) is 46.5 Å². The lowest BCUT2D eigenvalue weighted by atomic mass is 9.74. The number of anilines is 1. The largest absolute Gasteiger partial charge is 0.466 e. The van der Waals surface area contributed by atoms with Gasteiger partial charge in [0.1, 0.15) is 11.2 Å². The summed E-state index contributed by atoms with van der Waals surface area (Å²) in [5.41, 5.74) is 4.51. The zero-order valence-corrected chi connectivity index (χ0v) is 23.3. The first-order valence-corrected chi connectivity index (χ1v) is 13.8. The number of fused-ring (bicyclic) bond motifs is 2. The average molecular weight is 525 g/mol. The smallest absolute Gasteiger partial charge is 0.409 e. The van der Waals surface area contributed by atoms with Crippen LogP contribution in [0.25, 0.3) is 0 Å². The van der Waals surface area contributed by atoms with Crippen molar-refractivity contribution in [3.8, 4) is 0 Å². The van der Waals surface area contributed by atoms with Gasteiger partial charge in [0.05, 0.1) is 25.5 Å². The van der Waals surface area contributed by atoms with Crippen LogP contribution in [0.15, 0.2) is 18.2 Å². The van der Waals surface area contributed by atoms with E-state index in [0.717, 1.165) is 67.0 Å². The number of carbonyl (C=O) groups is 3. The monoisotopic (exact) mass is 524 g/mol. The van der Waals surface area contributed by atoms with Gasteiger partial charge in [-0.3, -0.25) is 9.59 Å². The number of nitrogens with zero attached hydrogens (tertiary/aromatic N) is 4. The molecule has 0 saturated carbocycles. The van der Waals surface area contributed by atoms with E-state index >= 15 is 0 Å². The van der Waals surface area contributed by atoms with Crippen molar-refractivity contribution in [2.24, 2.45) is 0 Å². The van der Waals surface area contributed by atoms with E-state index < -0.39 is 5.41 Å². The summed E-state index contributed by atoms with van der Waals surface area (Å²) < 4.78 is 12.5. The van der Waals surface area contributed by atoms with Crippen LogP contribution in [-0.4, -0.2) is 58.7 Å². The summed E-state index contributed by atoms with van der Waals surface area (Å²) in [4.78, 5) is 46.0. The fourth-order valence-corrected chi connectivity index (χ4v) is 5.70. The van der Waals surface area contributed by atoms with E-state index in [1.807, 2.05) is 24.0 Å². The van der Waals surface area contributed by atoms with Crippen molar-refractivity contribution in [1.29, 1.82) is 0 Å². The normalized spacial score (nSPS) is 15.6. The second-order valence-electron chi connectivity index (χ2n) is 10.3. The van der Waals surface area contributed by atoms with Crippen molar-refractivity contribution >= 4 is 23.7 Å². The van der Waals surface area contributed by atoms with E-state index in [0.29, 0.717) is 32.8 Å². The Kier molecular flexibility index (Phi) is 8.43. The zero-order valence-electron chi connectivity index (χ0n) is 23.3. The van der Waals surface area contributed by atoms with Crippen LogP contribution in [0.4, 0.5) is 10.5 Å². The summed E-state index contributed by atoms with van der Waals surface area (Å²) in [7, 11) is 0. The number of carbonyl (C=O) groups excluding carboxylic acids is 3. The number of ether oxygens (including phenoxy) is 2. The number of aryl methyl sites for hydroxylation is 2. The highest BCUT2D eigenvalue weighted by molar-refractivity contribution is 6.09. The van der Waals surface area contributed by atoms with Crippen LogP contribution in [-0.2, 0) is 50.4 Å². The first-order valence-electron chi connectivity index (χ1n) is 13.8. The number of likely N-dealkylation sites (tertiary alicyclic amines) is 1. The van der Waals surface area contributed by atoms with Crippen LogP contribution in [0, 0.1) is 6.92 Å². The first-order chi connectivity index (χ1) is 18.2. The second kappa shape index (κ2) is 11.6. The highest BCUT2D eigenvalue weighted by atomic mass is 16.6. The lowest BCUT2D eigenvalue weighted by Crippen LogP contribution is -2.65. The third-order valence-corrected chi connectivity index (χ3v) is 7.50. The molecule has 0 aliphatic carbocycles. The van der Waals surface area contributed by atoms with Crippen molar-refractivity contribution in [1.82, 2.24) is 14.5 Å². The maximum absolute atomic E-state index is 14.0. The fraction of sp³-hybridized carbons (Fsp3) is 0.586. The van der Waals surface area contributed by atoms with Gasteiger partial charge in [0.25, 0.3) is 0 Å². The Bertz CT molecular complexity index is 1200. The lowest BCUT2D eigenvalue weighted by Gasteiger charge is -2.45. The van der Waals surface area contributed by atoms with Crippen LogP contribution in [0.2, 0.25) is 0 Å². The topological polar surface area (TPSA) is 94.0 Å². The predicted octanol–water partition coefficient (Wildman–Crippen LogP) is 4.31. The Morgan fingerprint density at radius 1 is 1.11 bits per heavy atom. The average Bonchev–Trinajstić information content (AvgIpc) is 3.29. The first kappa shape index (κ1) is 27.7. The van der Waals surface area contributed by atoms with Gasteiger partial charge in [-0.05, 0) is 56.7 Å². The Balaban J connectivity index is 1.62. The van der Waals surface area contributed by atoms with E-state index in [4.69, 9.17) is 14.5 Å². The Morgan fingerprint density at radius 3 is 2.53 bits per heavy atom. The van der Waals surface area contributed by atoms with E-state index in [9.17, 15) is 14.4 Å². The summed E-state index contributed by atoms with van der Waals surface area (Å²) in [6, 6.07) is 6.13. The molecule has 206 valence electrons. The molecule has 9 nitrogen and oxygen atoms in total. The molecule has 4 rings (SSSR count). The molecule has 2 amide bonds. The highest BCUT2D eigenvalue weighted by Crippen LogP contribution is 2.48. The van der Waals surface area contributed by atoms with Crippen molar-refractivity contribution in [3.63, 3.8) is 0 Å². The molecule has 38 heavy (non-hydrogen) atoms. The molecule has 1 aromatic heterocycles. The number of unbranched alkanes of at least 4 members (excludes halogenated alkanes) is 1. The number of hydrogen-bond donors (Lipinski definition) is 0. The molecule has 3 heterocycles. The quantitative estimate of drug-likeness (QED) is 0.321. The molecule has 0 atom stereocenters. The molecular formula is C29H40N4O5. The summed E-state index contributed by atoms with van der Waals surface area (Å²) >= 11 is 0. The fourth-order valence-electron chi connectivity index (χ4n) is 5.70. The van der Waals surface area contributed by atoms with E-state index in [2.05, 4.69) is 24.5 Å². The number of hydrogen-bond acceptors (Lipinski definition) is 6. The van der Waals surface area contributed by atoms with Gasteiger partial charge in [-0.1, -0.05) is 32.4 Å². The molecule has 1 spiro atoms. The molecule has 0 bridgehead atoms. The minimum atomic E-state index is -0.739. The molecule has 0 radical (unpaired) electrons. The third-order valence-electron chi connectivity index (χ3n) is 7.50. The maximum atomic E-state index is 14.0. The summed E-state index contributed by atoms with van der Waals surface area (Å²) in [6.07, 6.45) is 3.97. The van der Waals surface area contributed by atoms with Gasteiger partial charge >= 0.3 is 12.1 Å². The van der Waals surface area contributed by atoms with Gasteiger partial charge in [-0.2, -0.15) is 0 Å². The molecule has 0 N–H and O–H groups in total. The molecule has 2 aromatic rings. The standard InChI is InChI=1S/C29H40N4O5/c1-6-11-23-24(7-2)32(14-9-10-15-38-21(5)34)26(30-23)17-33-25-16-20(4)12-13-22(25)29(27(33)35)18-31(19-29)28(36)37-8-3/h12-13,16H,6-11,14-15,17-19H2,1-5H3. The number of rotatable bonds is 11. The minimum absolute atomic E-state index is 0.0122. The number of amides is 2. The summed E-state index contributed by atoms with van der Waals surface area (Å²) in [6.45, 7) is 12.0. The summed E-state index contributed by atoms with van der Waals surface area (Å²) in [5, 5.41) is 0. The van der Waals surface area contributed by atoms with Crippen LogP contribution < -0.4 is 4.90 Å². The predicted molar refractivity (Wildman–Crippen MR) is 144 cm³/mol. The molecule has 1 fully saturated rings. The lowest BCUT2D eigenvalue weighted by molar-refractivity contribution is -0.141.